The molecule has 1 aliphatic heterocycles. The zero-order chi connectivity index (χ0) is 19.4. The molecule has 0 fully saturated rings. The quantitative estimate of drug-likeness (QED) is 0.668. The molecular formula is C21H23BrN2O3. The Morgan fingerprint density at radius 1 is 1.41 bits per heavy atom. The van der Waals surface area contributed by atoms with E-state index in [0.717, 1.165) is 37.9 Å². The number of hydrogen-bond donors (Lipinski definition) is 1. The third-order valence-corrected chi connectivity index (χ3v) is 5.10. The van der Waals surface area contributed by atoms with Gasteiger partial charge in [0.05, 0.1) is 24.8 Å². The number of ether oxygens (including phenoxy) is 2. The minimum absolute atomic E-state index is 0.162. The highest BCUT2D eigenvalue weighted by molar-refractivity contribution is 9.10. The molecule has 0 radical (unpaired) electrons. The van der Waals surface area contributed by atoms with Crippen molar-refractivity contribution < 1.29 is 14.3 Å². The van der Waals surface area contributed by atoms with E-state index in [2.05, 4.69) is 32.0 Å². The molecule has 0 aliphatic carbocycles. The number of nitrogens with zero attached hydrogens (tertiary/aromatic N) is 1. The molecule has 0 spiro atoms. The van der Waals surface area contributed by atoms with E-state index < -0.39 is 0 Å². The van der Waals surface area contributed by atoms with Crippen molar-refractivity contribution in [3.63, 3.8) is 0 Å². The number of esters is 1. The van der Waals surface area contributed by atoms with Crippen LogP contribution in [-0.2, 0) is 20.7 Å². The van der Waals surface area contributed by atoms with E-state index in [-0.39, 0.29) is 18.5 Å². The summed E-state index contributed by atoms with van der Waals surface area (Å²) < 4.78 is 11.7. The molecule has 1 N–H and O–H groups in total. The number of carbonyl (C=O) groups excluding carboxylic acids is 1. The highest BCUT2D eigenvalue weighted by atomic mass is 79.9. The molecular weight excluding hydrogens is 408 g/mol. The third kappa shape index (κ3) is 4.22. The fraction of sp³-hybridized carbons (Fsp3) is 0.333. The van der Waals surface area contributed by atoms with Crippen molar-refractivity contribution in [2.45, 2.75) is 32.8 Å². The minimum Gasteiger partial charge on any atom is -0.466 e. The van der Waals surface area contributed by atoms with Crippen LogP contribution in [-0.4, -0.2) is 37.0 Å². The number of halogens is 1. The van der Waals surface area contributed by atoms with Crippen LogP contribution >= 0.6 is 15.9 Å². The Labute approximate surface area is 167 Å². The number of aromatic amines is 1. The van der Waals surface area contributed by atoms with Crippen LogP contribution in [0.15, 0.2) is 45.5 Å². The second-order valence-corrected chi connectivity index (χ2v) is 7.22. The lowest BCUT2D eigenvalue weighted by Crippen LogP contribution is -2.12. The fourth-order valence-corrected chi connectivity index (χ4v) is 3.62. The summed E-state index contributed by atoms with van der Waals surface area (Å²) in [6, 6.07) is 6.02. The first kappa shape index (κ1) is 19.6. The monoisotopic (exact) mass is 430 g/mol. The molecule has 142 valence electrons. The van der Waals surface area contributed by atoms with E-state index in [1.54, 1.807) is 13.3 Å². The summed E-state index contributed by atoms with van der Waals surface area (Å²) in [4.78, 5) is 20.4. The molecule has 0 bridgehead atoms. The van der Waals surface area contributed by atoms with Gasteiger partial charge < -0.3 is 14.5 Å². The number of allylic oxidation sites excluding steroid dienone is 3. The van der Waals surface area contributed by atoms with Gasteiger partial charge in [0.15, 0.2) is 0 Å². The predicted octanol–water partition coefficient (Wildman–Crippen LogP) is 4.81. The summed E-state index contributed by atoms with van der Waals surface area (Å²) >= 11 is 3.53. The van der Waals surface area contributed by atoms with E-state index in [1.165, 1.54) is 0 Å². The number of fused-ring (bicyclic) bond motifs is 1. The maximum atomic E-state index is 12.3. The van der Waals surface area contributed by atoms with Crippen LogP contribution in [0.3, 0.4) is 0 Å². The highest BCUT2D eigenvalue weighted by Crippen LogP contribution is 2.35. The van der Waals surface area contributed by atoms with Crippen molar-refractivity contribution in [3.05, 3.63) is 51.8 Å². The van der Waals surface area contributed by atoms with Crippen molar-refractivity contribution in [2.75, 3.05) is 13.7 Å². The third-order valence-electron chi connectivity index (χ3n) is 4.60. The van der Waals surface area contributed by atoms with E-state index in [4.69, 9.17) is 9.47 Å². The number of benzene rings is 1. The average Bonchev–Trinajstić information content (AvgIpc) is 2.83. The van der Waals surface area contributed by atoms with Gasteiger partial charge in [-0.3, -0.25) is 9.79 Å². The molecule has 0 saturated carbocycles. The predicted molar refractivity (Wildman–Crippen MR) is 112 cm³/mol. The van der Waals surface area contributed by atoms with Gasteiger partial charge in [-0.05, 0) is 50.1 Å². The van der Waals surface area contributed by atoms with Gasteiger partial charge in [-0.15, -0.1) is 0 Å². The van der Waals surface area contributed by atoms with Crippen molar-refractivity contribution in [1.29, 1.82) is 0 Å². The zero-order valence-electron chi connectivity index (χ0n) is 15.7. The maximum absolute atomic E-state index is 12.3. The first-order chi connectivity index (χ1) is 13.0. The molecule has 1 aliphatic rings. The minimum atomic E-state index is -0.241. The Balaban J connectivity index is 2.22. The van der Waals surface area contributed by atoms with Crippen LogP contribution < -0.4 is 0 Å². The van der Waals surface area contributed by atoms with Gasteiger partial charge in [-0.1, -0.05) is 22.0 Å². The standard InChI is InChI=1S/C21H23BrN2O3/c1-4-27-19(25)12-17-16-11-14(22)8-9-18(16)24-21(17)15-7-5-6-10-23-20(15)13(2)26-3/h5-6,8-11,13,24H,4,7,12H2,1-3H3/t13-/m0/s1. The van der Waals surface area contributed by atoms with Gasteiger partial charge in [0.25, 0.3) is 0 Å². The first-order valence-electron chi connectivity index (χ1n) is 8.96. The van der Waals surface area contributed by atoms with Gasteiger partial charge in [0.2, 0.25) is 0 Å². The van der Waals surface area contributed by atoms with E-state index >= 15 is 0 Å². The van der Waals surface area contributed by atoms with Crippen LogP contribution in [0.1, 0.15) is 31.5 Å². The molecule has 0 amide bonds. The van der Waals surface area contributed by atoms with Crippen LogP contribution in [0.4, 0.5) is 0 Å². The first-order valence-corrected chi connectivity index (χ1v) is 9.75. The molecule has 1 aromatic carbocycles. The SMILES string of the molecule is CCOC(=O)Cc1c(C2=C([C@H](C)OC)N=CC=CC2)[nH]c2ccc(Br)cc12. The molecule has 27 heavy (non-hydrogen) atoms. The van der Waals surface area contributed by atoms with Crippen LogP contribution in [0.5, 0.6) is 0 Å². The van der Waals surface area contributed by atoms with Crippen molar-refractivity contribution >= 4 is 44.6 Å². The maximum Gasteiger partial charge on any atom is 0.310 e. The van der Waals surface area contributed by atoms with Gasteiger partial charge in [0, 0.05) is 40.0 Å². The van der Waals surface area contributed by atoms with E-state index in [1.807, 2.05) is 38.1 Å². The van der Waals surface area contributed by atoms with E-state index in [9.17, 15) is 4.79 Å². The Morgan fingerprint density at radius 2 is 2.22 bits per heavy atom. The van der Waals surface area contributed by atoms with Gasteiger partial charge in [0.1, 0.15) is 0 Å². The average molecular weight is 431 g/mol. The van der Waals surface area contributed by atoms with Crippen LogP contribution in [0.25, 0.3) is 16.5 Å². The summed E-state index contributed by atoms with van der Waals surface area (Å²) in [6.07, 6.45) is 6.51. The van der Waals surface area contributed by atoms with Crippen molar-refractivity contribution in [2.24, 2.45) is 4.99 Å². The molecule has 0 unspecified atom stereocenters. The van der Waals surface area contributed by atoms with Gasteiger partial charge in [-0.2, -0.15) is 0 Å². The number of hydrogen-bond acceptors (Lipinski definition) is 4. The number of aromatic nitrogens is 1. The zero-order valence-corrected chi connectivity index (χ0v) is 17.3. The lowest BCUT2D eigenvalue weighted by atomic mass is 9.97. The van der Waals surface area contributed by atoms with E-state index in [0.29, 0.717) is 13.0 Å². The van der Waals surface area contributed by atoms with Gasteiger partial charge >= 0.3 is 5.97 Å². The highest BCUT2D eigenvalue weighted by Gasteiger charge is 2.23. The fourth-order valence-electron chi connectivity index (χ4n) is 3.26. The topological polar surface area (TPSA) is 63.7 Å². The van der Waals surface area contributed by atoms with Crippen LogP contribution in [0, 0.1) is 0 Å². The summed E-state index contributed by atoms with van der Waals surface area (Å²) in [5.41, 5.74) is 4.70. The number of aliphatic imine (C=N–C) groups is 1. The molecule has 6 heteroatoms. The largest absolute Gasteiger partial charge is 0.466 e. The van der Waals surface area contributed by atoms with Crippen molar-refractivity contribution in [1.82, 2.24) is 4.98 Å². The molecule has 1 atom stereocenters. The number of rotatable bonds is 6. The van der Waals surface area contributed by atoms with Gasteiger partial charge in [-0.25, -0.2) is 0 Å². The Bertz CT molecular complexity index is 940. The summed E-state index contributed by atoms with van der Waals surface area (Å²) in [5.74, 6) is -0.241. The van der Waals surface area contributed by atoms with Crippen molar-refractivity contribution in [3.8, 4) is 0 Å². The number of nitrogens with one attached hydrogen (secondary N) is 1. The summed E-state index contributed by atoms with van der Waals surface area (Å²) in [7, 11) is 1.67. The summed E-state index contributed by atoms with van der Waals surface area (Å²) in [5, 5.41) is 1.00. The molecule has 5 nitrogen and oxygen atoms in total. The summed E-state index contributed by atoms with van der Waals surface area (Å²) in [6.45, 7) is 4.15. The Kier molecular flexibility index (Phi) is 6.29. The lowest BCUT2D eigenvalue weighted by molar-refractivity contribution is -0.142. The number of methoxy groups -OCH3 is 1. The normalized spacial score (nSPS) is 15.3. The lowest BCUT2D eigenvalue weighted by Gasteiger charge is -2.16. The molecule has 3 rings (SSSR count). The van der Waals surface area contributed by atoms with Crippen LogP contribution in [0.2, 0.25) is 0 Å². The number of carbonyl (C=O) groups is 1. The molecule has 2 aromatic rings. The molecule has 1 aromatic heterocycles. The second-order valence-electron chi connectivity index (χ2n) is 6.30. The molecule has 0 saturated heterocycles. The smallest absolute Gasteiger partial charge is 0.310 e. The molecule has 2 heterocycles. The Morgan fingerprint density at radius 3 is 2.96 bits per heavy atom. The number of H-pyrrole nitrogens is 1. The Hall–Kier alpha value is -2.18. The second kappa shape index (κ2) is 8.67.